The fourth-order valence-corrected chi connectivity index (χ4v) is 2.64. The first-order valence-electron chi connectivity index (χ1n) is 8.71. The van der Waals surface area contributed by atoms with Crippen LogP contribution in [0, 0.1) is 0 Å². The zero-order chi connectivity index (χ0) is 17.9. The molecule has 0 aliphatic heterocycles. The maximum atomic E-state index is 11.1. The molecular formula is C20H27N3O2. The van der Waals surface area contributed by atoms with Gasteiger partial charge in [-0.05, 0) is 42.5 Å². The zero-order valence-corrected chi connectivity index (χ0v) is 14.5. The molecule has 134 valence electrons. The minimum atomic E-state index is -0.343. The lowest BCUT2D eigenvalue weighted by Gasteiger charge is -2.14. The van der Waals surface area contributed by atoms with Crippen molar-refractivity contribution in [1.29, 1.82) is 0 Å². The molecule has 0 unspecified atom stereocenters. The van der Waals surface area contributed by atoms with E-state index in [2.05, 4.69) is 29.6 Å². The Balaban J connectivity index is 1.87. The van der Waals surface area contributed by atoms with Crippen molar-refractivity contribution in [3.05, 3.63) is 59.7 Å². The van der Waals surface area contributed by atoms with E-state index in [0.29, 0.717) is 13.2 Å². The van der Waals surface area contributed by atoms with Crippen molar-refractivity contribution in [3.8, 4) is 5.75 Å². The summed E-state index contributed by atoms with van der Waals surface area (Å²) in [7, 11) is 0. The summed E-state index contributed by atoms with van der Waals surface area (Å²) < 4.78 is 5.67. The summed E-state index contributed by atoms with van der Waals surface area (Å²) in [6.07, 6.45) is 3.45. The first kappa shape index (κ1) is 18.8. The second-order valence-electron chi connectivity index (χ2n) is 5.98. The van der Waals surface area contributed by atoms with Crippen LogP contribution in [-0.2, 0) is 17.6 Å². The molecule has 0 aromatic heterocycles. The number of nitrogens with one attached hydrogen (secondary N) is 1. The smallest absolute Gasteiger partial charge is 0.221 e. The van der Waals surface area contributed by atoms with Gasteiger partial charge in [-0.1, -0.05) is 36.4 Å². The average molecular weight is 341 g/mol. The number of anilines is 1. The third-order valence-corrected chi connectivity index (χ3v) is 3.85. The molecule has 0 saturated carbocycles. The molecule has 25 heavy (non-hydrogen) atoms. The van der Waals surface area contributed by atoms with Gasteiger partial charge in [0.05, 0.1) is 12.1 Å². The minimum Gasteiger partial charge on any atom is -0.490 e. The van der Waals surface area contributed by atoms with Crippen LogP contribution >= 0.6 is 0 Å². The van der Waals surface area contributed by atoms with Crippen molar-refractivity contribution < 1.29 is 9.53 Å². The number of unbranched alkanes of at least 4 members (excludes halogenated alkanes) is 1. The number of aryl methyl sites for hydroxylation is 1. The molecule has 2 aromatic rings. The van der Waals surface area contributed by atoms with Gasteiger partial charge in [-0.3, -0.25) is 4.79 Å². The van der Waals surface area contributed by atoms with Crippen LogP contribution in [-0.4, -0.2) is 25.6 Å². The summed E-state index contributed by atoms with van der Waals surface area (Å²) in [6, 6.07) is 16.1. The number of carbonyl (C=O) groups is 1. The average Bonchev–Trinajstić information content (AvgIpc) is 2.61. The first-order chi connectivity index (χ1) is 12.2. The molecule has 0 aliphatic rings. The van der Waals surface area contributed by atoms with Crippen LogP contribution in [0.4, 0.5) is 5.69 Å². The Hall–Kier alpha value is -2.53. The number of carbonyl (C=O) groups excluding carboxylic acids is 1. The van der Waals surface area contributed by atoms with Crippen LogP contribution in [0.3, 0.4) is 0 Å². The summed E-state index contributed by atoms with van der Waals surface area (Å²) >= 11 is 0. The summed E-state index contributed by atoms with van der Waals surface area (Å²) in [6.45, 7) is 1.75. The molecule has 0 fully saturated rings. The molecule has 5 nitrogen and oxygen atoms in total. The summed E-state index contributed by atoms with van der Waals surface area (Å²) in [5.41, 5.74) is 13.9. The van der Waals surface area contributed by atoms with E-state index in [1.165, 1.54) is 5.56 Å². The van der Waals surface area contributed by atoms with Crippen LogP contribution in [0.15, 0.2) is 48.5 Å². The van der Waals surface area contributed by atoms with Gasteiger partial charge >= 0.3 is 0 Å². The predicted octanol–water partition coefficient (Wildman–Crippen LogP) is 2.49. The molecule has 0 heterocycles. The Kier molecular flexibility index (Phi) is 7.79. The predicted molar refractivity (Wildman–Crippen MR) is 102 cm³/mol. The van der Waals surface area contributed by atoms with Crippen molar-refractivity contribution in [2.75, 3.05) is 25.0 Å². The Labute approximate surface area is 149 Å². The van der Waals surface area contributed by atoms with Crippen LogP contribution in [0.2, 0.25) is 0 Å². The Bertz CT molecular complexity index is 659. The van der Waals surface area contributed by atoms with Crippen molar-refractivity contribution in [2.45, 2.75) is 25.7 Å². The van der Waals surface area contributed by atoms with Crippen molar-refractivity contribution >= 4 is 11.6 Å². The van der Waals surface area contributed by atoms with Crippen molar-refractivity contribution in [2.24, 2.45) is 11.5 Å². The quantitative estimate of drug-likeness (QED) is 0.548. The van der Waals surface area contributed by atoms with Crippen LogP contribution < -0.4 is 21.5 Å². The van der Waals surface area contributed by atoms with E-state index in [4.69, 9.17) is 16.2 Å². The van der Waals surface area contributed by atoms with Crippen LogP contribution in [0.5, 0.6) is 5.75 Å². The van der Waals surface area contributed by atoms with Gasteiger partial charge in [0.15, 0.2) is 0 Å². The third-order valence-electron chi connectivity index (χ3n) is 3.85. The third kappa shape index (κ3) is 6.85. The summed E-state index contributed by atoms with van der Waals surface area (Å²) in [5.74, 6) is 0.408. The molecule has 0 radical (unpaired) electrons. The number of hydrogen-bond donors (Lipinski definition) is 3. The fraction of sp³-hybridized carbons (Fsp3) is 0.350. The van der Waals surface area contributed by atoms with Gasteiger partial charge in [0.25, 0.3) is 0 Å². The Morgan fingerprint density at radius 2 is 1.84 bits per heavy atom. The SMILES string of the molecule is NCCOc1ccc(CC(N)=O)cc1NCCCCc1ccccc1. The van der Waals surface area contributed by atoms with Crippen LogP contribution in [0.1, 0.15) is 24.0 Å². The number of amides is 1. The molecular weight excluding hydrogens is 314 g/mol. The number of nitrogens with two attached hydrogens (primary N) is 2. The highest BCUT2D eigenvalue weighted by Crippen LogP contribution is 2.26. The lowest BCUT2D eigenvalue weighted by molar-refractivity contribution is -0.117. The van der Waals surface area contributed by atoms with Gasteiger partial charge < -0.3 is 21.5 Å². The van der Waals surface area contributed by atoms with E-state index < -0.39 is 0 Å². The monoisotopic (exact) mass is 341 g/mol. The van der Waals surface area contributed by atoms with E-state index in [9.17, 15) is 4.79 Å². The fourth-order valence-electron chi connectivity index (χ4n) is 2.64. The summed E-state index contributed by atoms with van der Waals surface area (Å²) in [4.78, 5) is 11.1. The molecule has 2 rings (SSSR count). The van der Waals surface area contributed by atoms with E-state index in [1.54, 1.807) is 0 Å². The number of ether oxygens (including phenoxy) is 1. The Morgan fingerprint density at radius 3 is 2.56 bits per heavy atom. The van der Waals surface area contributed by atoms with Crippen molar-refractivity contribution in [1.82, 2.24) is 0 Å². The number of hydrogen-bond acceptors (Lipinski definition) is 4. The highest BCUT2D eigenvalue weighted by atomic mass is 16.5. The molecule has 0 atom stereocenters. The van der Waals surface area contributed by atoms with Gasteiger partial charge in [0.1, 0.15) is 12.4 Å². The van der Waals surface area contributed by atoms with Gasteiger partial charge in [0.2, 0.25) is 5.91 Å². The van der Waals surface area contributed by atoms with Gasteiger partial charge in [0, 0.05) is 13.1 Å². The first-order valence-corrected chi connectivity index (χ1v) is 8.71. The number of primary amides is 1. The zero-order valence-electron chi connectivity index (χ0n) is 14.5. The normalized spacial score (nSPS) is 10.4. The van der Waals surface area contributed by atoms with Crippen LogP contribution in [0.25, 0.3) is 0 Å². The minimum absolute atomic E-state index is 0.222. The lowest BCUT2D eigenvalue weighted by Crippen LogP contribution is -2.15. The maximum Gasteiger partial charge on any atom is 0.221 e. The van der Waals surface area contributed by atoms with Gasteiger partial charge in [-0.2, -0.15) is 0 Å². The standard InChI is InChI=1S/C20H27N3O2/c21-11-13-25-19-10-9-17(15-20(22)24)14-18(19)23-12-5-4-8-16-6-2-1-3-7-16/h1-3,6-7,9-10,14,23H,4-5,8,11-13,15,21H2,(H2,22,24). The maximum absolute atomic E-state index is 11.1. The molecule has 1 amide bonds. The van der Waals surface area contributed by atoms with Gasteiger partial charge in [-0.25, -0.2) is 0 Å². The molecule has 0 bridgehead atoms. The molecule has 5 N–H and O–H groups in total. The summed E-state index contributed by atoms with van der Waals surface area (Å²) in [5, 5.41) is 3.40. The highest BCUT2D eigenvalue weighted by molar-refractivity contribution is 5.77. The molecule has 0 saturated heterocycles. The molecule has 5 heteroatoms. The van der Waals surface area contributed by atoms with Crippen molar-refractivity contribution in [3.63, 3.8) is 0 Å². The van der Waals surface area contributed by atoms with E-state index in [-0.39, 0.29) is 12.3 Å². The highest BCUT2D eigenvalue weighted by Gasteiger charge is 2.07. The number of benzene rings is 2. The van der Waals surface area contributed by atoms with E-state index in [0.717, 1.165) is 42.8 Å². The second kappa shape index (κ2) is 10.4. The largest absolute Gasteiger partial charge is 0.490 e. The van der Waals surface area contributed by atoms with E-state index >= 15 is 0 Å². The lowest BCUT2D eigenvalue weighted by atomic mass is 10.1. The Morgan fingerprint density at radius 1 is 1.04 bits per heavy atom. The second-order valence-corrected chi connectivity index (χ2v) is 5.98. The van der Waals surface area contributed by atoms with E-state index in [1.807, 2.05) is 24.3 Å². The molecule has 0 spiro atoms. The molecule has 0 aliphatic carbocycles. The topological polar surface area (TPSA) is 90.4 Å². The number of rotatable bonds is 11. The van der Waals surface area contributed by atoms with Gasteiger partial charge in [-0.15, -0.1) is 0 Å². The molecule has 2 aromatic carbocycles.